The smallest absolute Gasteiger partial charge is 0.338 e. The van der Waals surface area contributed by atoms with Crippen LogP contribution in [-0.4, -0.2) is 24.2 Å². The van der Waals surface area contributed by atoms with Crippen LogP contribution in [0, 0.1) is 5.82 Å². The van der Waals surface area contributed by atoms with Crippen LogP contribution >= 0.6 is 0 Å². The van der Waals surface area contributed by atoms with Crippen molar-refractivity contribution < 1.29 is 14.3 Å². The van der Waals surface area contributed by atoms with E-state index in [0.717, 1.165) is 12.5 Å². The molecule has 0 aliphatic carbocycles. The van der Waals surface area contributed by atoms with Gasteiger partial charge in [0.25, 0.3) is 0 Å². The number of nitrogens with two attached hydrogens (primary N) is 1. The number of hydrogen-bond donors (Lipinski definition) is 2. The van der Waals surface area contributed by atoms with E-state index in [1.54, 1.807) is 7.05 Å². The molecule has 0 aliphatic heterocycles. The van der Waals surface area contributed by atoms with E-state index in [2.05, 4.69) is 0 Å². The van der Waals surface area contributed by atoms with Crippen molar-refractivity contribution in [2.45, 2.75) is 26.3 Å². The van der Waals surface area contributed by atoms with Crippen LogP contribution < -0.4 is 10.6 Å². The van der Waals surface area contributed by atoms with E-state index >= 15 is 0 Å². The van der Waals surface area contributed by atoms with E-state index in [1.807, 2.05) is 18.7 Å². The van der Waals surface area contributed by atoms with Crippen molar-refractivity contribution in [1.82, 2.24) is 0 Å². The highest BCUT2D eigenvalue weighted by molar-refractivity contribution is 5.90. The van der Waals surface area contributed by atoms with E-state index < -0.39 is 17.3 Å². The number of nitrogen functional groups attached to an aromatic ring is 1. The van der Waals surface area contributed by atoms with Crippen molar-refractivity contribution in [1.29, 1.82) is 0 Å². The van der Waals surface area contributed by atoms with Crippen LogP contribution in [0.5, 0.6) is 0 Å². The Kier molecular flexibility index (Phi) is 3.93. The van der Waals surface area contributed by atoms with Gasteiger partial charge in [0.05, 0.1) is 16.9 Å². The molecule has 0 bridgehead atoms. The molecule has 0 saturated heterocycles. The summed E-state index contributed by atoms with van der Waals surface area (Å²) in [5.74, 6) is -2.08. The average Bonchev–Trinajstić information content (AvgIpc) is 2.29. The molecule has 0 radical (unpaired) electrons. The van der Waals surface area contributed by atoms with Gasteiger partial charge in [0.15, 0.2) is 0 Å². The van der Waals surface area contributed by atoms with Gasteiger partial charge >= 0.3 is 5.97 Å². The molecule has 3 N–H and O–H groups in total. The largest absolute Gasteiger partial charge is 0.478 e. The number of carboxylic acid groups (broad SMARTS) is 1. The molecule has 1 aromatic carbocycles. The van der Waals surface area contributed by atoms with Gasteiger partial charge in [-0.3, -0.25) is 0 Å². The van der Waals surface area contributed by atoms with Gasteiger partial charge in [-0.05, 0) is 19.4 Å². The molecule has 0 spiro atoms. The highest BCUT2D eigenvalue weighted by Crippen LogP contribution is 2.27. The molecule has 94 valence electrons. The number of rotatable bonds is 4. The van der Waals surface area contributed by atoms with Crippen molar-refractivity contribution in [3.05, 3.63) is 23.5 Å². The molecule has 1 atom stereocenters. The summed E-state index contributed by atoms with van der Waals surface area (Å²) in [6.07, 6.45) is 0.887. The summed E-state index contributed by atoms with van der Waals surface area (Å²) >= 11 is 0. The van der Waals surface area contributed by atoms with Gasteiger partial charge in [-0.25, -0.2) is 9.18 Å². The van der Waals surface area contributed by atoms with E-state index in [1.165, 1.54) is 6.07 Å². The number of nitrogens with zero attached hydrogens (tertiary/aromatic N) is 1. The summed E-state index contributed by atoms with van der Waals surface area (Å²) in [6, 6.07) is 2.53. The summed E-state index contributed by atoms with van der Waals surface area (Å²) in [7, 11) is 1.81. The first kappa shape index (κ1) is 13.3. The van der Waals surface area contributed by atoms with Gasteiger partial charge < -0.3 is 15.7 Å². The summed E-state index contributed by atoms with van der Waals surface area (Å²) in [4.78, 5) is 12.6. The number of anilines is 2. The molecule has 0 fully saturated rings. The van der Waals surface area contributed by atoms with Gasteiger partial charge in [-0.15, -0.1) is 0 Å². The lowest BCUT2D eigenvalue weighted by Crippen LogP contribution is -2.29. The van der Waals surface area contributed by atoms with Crippen LogP contribution in [0.1, 0.15) is 30.6 Å². The van der Waals surface area contributed by atoms with Crippen LogP contribution in [0.15, 0.2) is 12.1 Å². The molecule has 1 unspecified atom stereocenters. The van der Waals surface area contributed by atoms with Crippen molar-refractivity contribution in [2.24, 2.45) is 0 Å². The molecule has 17 heavy (non-hydrogen) atoms. The van der Waals surface area contributed by atoms with Crippen LogP contribution in [0.3, 0.4) is 0 Å². The molecule has 4 nitrogen and oxygen atoms in total. The van der Waals surface area contributed by atoms with Crippen LogP contribution in [0.4, 0.5) is 15.8 Å². The predicted molar refractivity (Wildman–Crippen MR) is 65.9 cm³/mol. The third-order valence-electron chi connectivity index (χ3n) is 2.98. The number of aromatic carboxylic acids is 1. The fraction of sp³-hybridized carbons (Fsp3) is 0.417. The molecule has 0 saturated carbocycles. The Bertz CT molecular complexity index is 435. The van der Waals surface area contributed by atoms with Crippen LogP contribution in [0.2, 0.25) is 0 Å². The summed E-state index contributed by atoms with van der Waals surface area (Å²) in [6.45, 7) is 4.00. The first-order valence-corrected chi connectivity index (χ1v) is 5.43. The monoisotopic (exact) mass is 240 g/mol. The maximum atomic E-state index is 13.5. The lowest BCUT2D eigenvalue weighted by Gasteiger charge is -2.27. The fourth-order valence-corrected chi connectivity index (χ4v) is 1.56. The Labute approximate surface area is 99.8 Å². The third-order valence-corrected chi connectivity index (χ3v) is 2.98. The Morgan fingerprint density at radius 3 is 2.65 bits per heavy atom. The molecular weight excluding hydrogens is 223 g/mol. The summed E-state index contributed by atoms with van der Waals surface area (Å²) < 4.78 is 13.5. The van der Waals surface area contributed by atoms with Gasteiger partial charge in [0, 0.05) is 19.2 Å². The number of carbonyl (C=O) groups is 1. The molecule has 5 heteroatoms. The van der Waals surface area contributed by atoms with Crippen LogP contribution in [-0.2, 0) is 0 Å². The van der Waals surface area contributed by atoms with Gasteiger partial charge in [-0.2, -0.15) is 0 Å². The average molecular weight is 240 g/mol. The molecule has 1 rings (SSSR count). The summed E-state index contributed by atoms with van der Waals surface area (Å²) in [5.41, 5.74) is 6.14. The molecule has 1 aromatic rings. The van der Waals surface area contributed by atoms with Crippen molar-refractivity contribution in [3.63, 3.8) is 0 Å². The molecule has 0 heterocycles. The van der Waals surface area contributed by atoms with Gasteiger partial charge in [0.1, 0.15) is 5.82 Å². The Morgan fingerprint density at radius 2 is 2.18 bits per heavy atom. The maximum absolute atomic E-state index is 13.5. The van der Waals surface area contributed by atoms with Crippen LogP contribution in [0.25, 0.3) is 0 Å². The molecule has 0 aromatic heterocycles. The Morgan fingerprint density at radius 1 is 1.59 bits per heavy atom. The zero-order valence-electron chi connectivity index (χ0n) is 10.2. The quantitative estimate of drug-likeness (QED) is 0.793. The second-order valence-electron chi connectivity index (χ2n) is 4.06. The molecular formula is C12H17FN2O2. The first-order valence-electron chi connectivity index (χ1n) is 5.43. The first-order chi connectivity index (χ1) is 7.88. The van der Waals surface area contributed by atoms with Crippen molar-refractivity contribution in [2.75, 3.05) is 17.7 Å². The van der Waals surface area contributed by atoms with E-state index in [-0.39, 0.29) is 11.7 Å². The fourth-order valence-electron chi connectivity index (χ4n) is 1.56. The minimum Gasteiger partial charge on any atom is -0.478 e. The third kappa shape index (κ3) is 2.67. The molecule has 0 amide bonds. The topological polar surface area (TPSA) is 66.6 Å². The minimum absolute atomic E-state index is 0.201. The Balaban J connectivity index is 3.20. The predicted octanol–water partition coefficient (Wildman–Crippen LogP) is 2.34. The SMILES string of the molecule is CCC(C)N(C)c1cc(F)c(C(=O)O)cc1N. The highest BCUT2D eigenvalue weighted by Gasteiger charge is 2.17. The van der Waals surface area contributed by atoms with Crippen molar-refractivity contribution >= 4 is 17.3 Å². The number of benzene rings is 1. The maximum Gasteiger partial charge on any atom is 0.338 e. The van der Waals surface area contributed by atoms with Gasteiger partial charge in [-0.1, -0.05) is 6.92 Å². The zero-order chi connectivity index (χ0) is 13.2. The van der Waals surface area contributed by atoms with E-state index in [0.29, 0.717) is 5.69 Å². The van der Waals surface area contributed by atoms with Crippen molar-refractivity contribution in [3.8, 4) is 0 Å². The Hall–Kier alpha value is -1.78. The lowest BCUT2D eigenvalue weighted by molar-refractivity contribution is 0.0692. The van der Waals surface area contributed by atoms with E-state index in [4.69, 9.17) is 10.8 Å². The van der Waals surface area contributed by atoms with Gasteiger partial charge in [0.2, 0.25) is 0 Å². The summed E-state index contributed by atoms with van der Waals surface area (Å²) in [5, 5.41) is 8.77. The second kappa shape index (κ2) is 5.03. The molecule has 0 aliphatic rings. The lowest BCUT2D eigenvalue weighted by atomic mass is 10.1. The normalized spacial score (nSPS) is 12.2. The van der Waals surface area contributed by atoms with E-state index in [9.17, 15) is 9.18 Å². The number of hydrogen-bond acceptors (Lipinski definition) is 3. The standard InChI is InChI=1S/C12H17FN2O2/c1-4-7(2)15(3)11-6-9(13)8(12(16)17)5-10(11)14/h5-7H,4,14H2,1-3H3,(H,16,17). The second-order valence-corrected chi connectivity index (χ2v) is 4.06. The highest BCUT2D eigenvalue weighted by atomic mass is 19.1. The minimum atomic E-state index is -1.31. The zero-order valence-corrected chi connectivity index (χ0v) is 10.2. The number of halogens is 1. The number of carboxylic acids is 1.